The van der Waals surface area contributed by atoms with Gasteiger partial charge < -0.3 is 15.7 Å². The SMILES string of the molecule is Cl.O=C(CSc1ccc(O)cc1)NC1CCNC1. The van der Waals surface area contributed by atoms with Gasteiger partial charge in [-0.05, 0) is 37.2 Å². The molecule has 1 saturated heterocycles. The second-order valence-electron chi connectivity index (χ2n) is 4.04. The van der Waals surface area contributed by atoms with Crippen molar-refractivity contribution >= 4 is 30.1 Å². The highest BCUT2D eigenvalue weighted by Crippen LogP contribution is 2.20. The molecule has 1 amide bonds. The van der Waals surface area contributed by atoms with Crippen molar-refractivity contribution in [2.45, 2.75) is 17.4 Å². The highest BCUT2D eigenvalue weighted by atomic mass is 35.5. The number of hydrogen-bond acceptors (Lipinski definition) is 4. The highest BCUT2D eigenvalue weighted by molar-refractivity contribution is 8.00. The summed E-state index contributed by atoms with van der Waals surface area (Å²) in [6.45, 7) is 1.85. The first kappa shape index (κ1) is 15.1. The first-order chi connectivity index (χ1) is 8.24. The number of thioether (sulfide) groups is 1. The third-order valence-electron chi connectivity index (χ3n) is 2.63. The van der Waals surface area contributed by atoms with Gasteiger partial charge in [-0.1, -0.05) is 0 Å². The number of carbonyl (C=O) groups excluding carboxylic acids is 1. The van der Waals surface area contributed by atoms with Gasteiger partial charge in [-0.3, -0.25) is 4.79 Å². The molecule has 2 rings (SSSR count). The van der Waals surface area contributed by atoms with E-state index in [1.807, 2.05) is 12.1 Å². The van der Waals surface area contributed by atoms with Crippen molar-refractivity contribution in [2.24, 2.45) is 0 Å². The molecule has 0 spiro atoms. The third kappa shape index (κ3) is 4.76. The Kier molecular flexibility index (Phi) is 6.32. The molecule has 100 valence electrons. The maximum Gasteiger partial charge on any atom is 0.230 e. The zero-order valence-corrected chi connectivity index (χ0v) is 11.5. The molecule has 1 fully saturated rings. The van der Waals surface area contributed by atoms with Crippen molar-refractivity contribution < 1.29 is 9.90 Å². The molecule has 1 unspecified atom stereocenters. The van der Waals surface area contributed by atoms with Crippen LogP contribution in [-0.2, 0) is 4.79 Å². The average Bonchev–Trinajstić information content (AvgIpc) is 2.81. The maximum absolute atomic E-state index is 11.6. The molecule has 1 atom stereocenters. The summed E-state index contributed by atoms with van der Waals surface area (Å²) in [4.78, 5) is 12.6. The Bertz CT molecular complexity index is 380. The van der Waals surface area contributed by atoms with Crippen molar-refractivity contribution in [2.75, 3.05) is 18.8 Å². The van der Waals surface area contributed by atoms with Crippen LogP contribution in [0.25, 0.3) is 0 Å². The van der Waals surface area contributed by atoms with Gasteiger partial charge >= 0.3 is 0 Å². The molecule has 18 heavy (non-hydrogen) atoms. The molecule has 0 bridgehead atoms. The Morgan fingerprint density at radius 2 is 2.17 bits per heavy atom. The lowest BCUT2D eigenvalue weighted by Gasteiger charge is -2.10. The second-order valence-corrected chi connectivity index (χ2v) is 5.09. The zero-order valence-electron chi connectivity index (χ0n) is 9.89. The molecule has 1 aromatic carbocycles. The van der Waals surface area contributed by atoms with Crippen LogP contribution in [-0.4, -0.2) is 35.9 Å². The number of amides is 1. The molecular formula is C12H17ClN2O2S. The largest absolute Gasteiger partial charge is 0.508 e. The van der Waals surface area contributed by atoms with E-state index >= 15 is 0 Å². The van der Waals surface area contributed by atoms with Gasteiger partial charge in [0.1, 0.15) is 5.75 Å². The normalized spacial score (nSPS) is 18.1. The first-order valence-corrected chi connectivity index (χ1v) is 6.64. The minimum atomic E-state index is 0. The molecule has 4 nitrogen and oxygen atoms in total. The summed E-state index contributed by atoms with van der Waals surface area (Å²) in [6, 6.07) is 7.15. The number of carbonyl (C=O) groups is 1. The van der Waals surface area contributed by atoms with Crippen molar-refractivity contribution in [3.8, 4) is 5.75 Å². The van der Waals surface area contributed by atoms with E-state index in [1.54, 1.807) is 12.1 Å². The van der Waals surface area contributed by atoms with E-state index in [2.05, 4.69) is 10.6 Å². The summed E-state index contributed by atoms with van der Waals surface area (Å²) < 4.78 is 0. The average molecular weight is 289 g/mol. The van der Waals surface area contributed by atoms with Gasteiger partial charge in [0, 0.05) is 17.5 Å². The van der Waals surface area contributed by atoms with E-state index in [0.717, 1.165) is 24.4 Å². The predicted octanol–water partition coefficient (Wildman–Crippen LogP) is 1.38. The molecule has 1 heterocycles. The Labute approximate surface area is 117 Å². The van der Waals surface area contributed by atoms with Crippen LogP contribution >= 0.6 is 24.2 Å². The lowest BCUT2D eigenvalue weighted by atomic mass is 10.3. The number of hydrogen-bond donors (Lipinski definition) is 3. The molecule has 0 saturated carbocycles. The summed E-state index contributed by atoms with van der Waals surface area (Å²) in [7, 11) is 0. The van der Waals surface area contributed by atoms with Gasteiger partial charge in [0.2, 0.25) is 5.91 Å². The molecule has 3 N–H and O–H groups in total. The Morgan fingerprint density at radius 1 is 1.44 bits per heavy atom. The summed E-state index contributed by atoms with van der Waals surface area (Å²) in [5.74, 6) is 0.731. The quantitative estimate of drug-likeness (QED) is 0.733. The molecule has 6 heteroatoms. The fourth-order valence-corrected chi connectivity index (χ4v) is 2.45. The Hall–Kier alpha value is -0.910. The highest BCUT2D eigenvalue weighted by Gasteiger charge is 2.16. The summed E-state index contributed by atoms with van der Waals surface area (Å²) in [6.07, 6.45) is 1.01. The van der Waals surface area contributed by atoms with E-state index in [1.165, 1.54) is 11.8 Å². The molecular weight excluding hydrogens is 272 g/mol. The van der Waals surface area contributed by atoms with E-state index in [-0.39, 0.29) is 30.1 Å². The number of nitrogens with one attached hydrogen (secondary N) is 2. The minimum absolute atomic E-state index is 0. The van der Waals surface area contributed by atoms with Gasteiger partial charge in [-0.15, -0.1) is 24.2 Å². The van der Waals surface area contributed by atoms with Crippen LogP contribution in [0.1, 0.15) is 6.42 Å². The van der Waals surface area contributed by atoms with Crippen molar-refractivity contribution in [1.29, 1.82) is 0 Å². The van der Waals surface area contributed by atoms with E-state index in [4.69, 9.17) is 5.11 Å². The Balaban J connectivity index is 0.00000162. The third-order valence-corrected chi connectivity index (χ3v) is 3.64. The summed E-state index contributed by atoms with van der Waals surface area (Å²) in [5, 5.41) is 15.3. The number of benzene rings is 1. The fourth-order valence-electron chi connectivity index (χ4n) is 1.74. The number of aromatic hydroxyl groups is 1. The van der Waals surface area contributed by atoms with Crippen LogP contribution in [0.2, 0.25) is 0 Å². The van der Waals surface area contributed by atoms with Crippen LogP contribution in [0.4, 0.5) is 0 Å². The van der Waals surface area contributed by atoms with Crippen LogP contribution in [0, 0.1) is 0 Å². The summed E-state index contributed by atoms with van der Waals surface area (Å²) >= 11 is 1.48. The van der Waals surface area contributed by atoms with Crippen molar-refractivity contribution in [3.63, 3.8) is 0 Å². The molecule has 0 aliphatic carbocycles. The van der Waals surface area contributed by atoms with Crippen LogP contribution in [0.3, 0.4) is 0 Å². The van der Waals surface area contributed by atoms with E-state index in [9.17, 15) is 4.79 Å². The number of phenols is 1. The second kappa shape index (κ2) is 7.51. The zero-order chi connectivity index (χ0) is 12.1. The van der Waals surface area contributed by atoms with Gasteiger partial charge in [-0.25, -0.2) is 0 Å². The molecule has 1 aromatic rings. The predicted molar refractivity (Wildman–Crippen MR) is 75.5 cm³/mol. The van der Waals surface area contributed by atoms with E-state index < -0.39 is 0 Å². The maximum atomic E-state index is 11.6. The lowest BCUT2D eigenvalue weighted by molar-refractivity contribution is -0.119. The minimum Gasteiger partial charge on any atom is -0.508 e. The van der Waals surface area contributed by atoms with Crippen LogP contribution in [0.15, 0.2) is 29.2 Å². The topological polar surface area (TPSA) is 61.4 Å². The Morgan fingerprint density at radius 3 is 2.78 bits per heavy atom. The molecule has 1 aliphatic heterocycles. The summed E-state index contributed by atoms with van der Waals surface area (Å²) in [5.41, 5.74) is 0. The first-order valence-electron chi connectivity index (χ1n) is 5.66. The van der Waals surface area contributed by atoms with Gasteiger partial charge in [0.25, 0.3) is 0 Å². The standard InChI is InChI=1S/C12H16N2O2S.ClH/c15-10-1-3-11(4-2-10)17-8-12(16)14-9-5-6-13-7-9;/h1-4,9,13,15H,5-8H2,(H,14,16);1H. The molecule has 1 aliphatic rings. The lowest BCUT2D eigenvalue weighted by Crippen LogP contribution is -2.37. The van der Waals surface area contributed by atoms with Crippen molar-refractivity contribution in [1.82, 2.24) is 10.6 Å². The smallest absolute Gasteiger partial charge is 0.230 e. The number of rotatable bonds is 4. The van der Waals surface area contributed by atoms with Gasteiger partial charge in [-0.2, -0.15) is 0 Å². The monoisotopic (exact) mass is 288 g/mol. The van der Waals surface area contributed by atoms with Gasteiger partial charge in [0.15, 0.2) is 0 Å². The number of halogens is 1. The van der Waals surface area contributed by atoms with Crippen LogP contribution < -0.4 is 10.6 Å². The van der Waals surface area contributed by atoms with Crippen molar-refractivity contribution in [3.05, 3.63) is 24.3 Å². The molecule has 0 radical (unpaired) electrons. The molecule has 0 aromatic heterocycles. The number of phenolic OH excluding ortho intramolecular Hbond substituents is 1. The van der Waals surface area contributed by atoms with Gasteiger partial charge in [0.05, 0.1) is 5.75 Å². The van der Waals surface area contributed by atoms with Crippen LogP contribution in [0.5, 0.6) is 5.75 Å². The van der Waals surface area contributed by atoms with E-state index in [0.29, 0.717) is 5.75 Å². The fraction of sp³-hybridized carbons (Fsp3) is 0.417.